The Morgan fingerprint density at radius 1 is 0.844 bits per heavy atom. The Kier molecular flexibility index (Phi) is 9.55. The van der Waals surface area contributed by atoms with E-state index in [9.17, 15) is 13.2 Å². The Morgan fingerprint density at radius 2 is 1.41 bits per heavy atom. The summed E-state index contributed by atoms with van der Waals surface area (Å²) in [5.74, 6) is 0. The number of halogens is 3. The van der Waals surface area contributed by atoms with Crippen LogP contribution >= 0.6 is 0 Å². The van der Waals surface area contributed by atoms with Crippen LogP contribution in [0.3, 0.4) is 0 Å². The monoisotopic (exact) mass is 478 g/mol. The summed E-state index contributed by atoms with van der Waals surface area (Å²) < 4.78 is 45.8. The third kappa shape index (κ3) is 7.19. The van der Waals surface area contributed by atoms with E-state index in [0.29, 0.717) is 6.42 Å². The van der Waals surface area contributed by atoms with Gasteiger partial charge in [-0.25, -0.2) is 0 Å². The van der Waals surface area contributed by atoms with Gasteiger partial charge in [0, 0.05) is 0 Å². The van der Waals surface area contributed by atoms with Crippen LogP contribution in [0.1, 0.15) is 44.4 Å². The molecule has 176 valence electrons. The van der Waals surface area contributed by atoms with E-state index in [1.807, 2.05) is 6.07 Å². The van der Waals surface area contributed by atoms with Crippen molar-refractivity contribution < 1.29 is 17.6 Å². The molecule has 32 heavy (non-hydrogen) atoms. The predicted molar refractivity (Wildman–Crippen MR) is 135 cm³/mol. The van der Waals surface area contributed by atoms with Gasteiger partial charge in [0.1, 0.15) is 0 Å². The molecule has 0 aliphatic carbocycles. The minimum Gasteiger partial charge on any atom is -0.410 e. The first-order valence-corrected chi connectivity index (χ1v) is 17.4. The van der Waals surface area contributed by atoms with Crippen LogP contribution in [0, 0.1) is 0 Å². The second kappa shape index (κ2) is 11.5. The summed E-state index contributed by atoms with van der Waals surface area (Å²) in [4.78, 5) is 0. The van der Waals surface area contributed by atoms with Gasteiger partial charge in [-0.1, -0.05) is 93.7 Å². The topological polar surface area (TPSA) is 9.23 Å². The molecule has 0 bridgehead atoms. The highest BCUT2D eigenvalue weighted by Crippen LogP contribution is 2.34. The molecule has 6 heteroatoms. The number of rotatable bonds is 11. The van der Waals surface area contributed by atoms with Crippen molar-refractivity contribution in [2.45, 2.75) is 76.7 Å². The Labute approximate surface area is 193 Å². The van der Waals surface area contributed by atoms with E-state index in [1.165, 1.54) is 17.3 Å². The van der Waals surface area contributed by atoms with Crippen LogP contribution in [0.25, 0.3) is 0 Å². The molecular weight excluding hydrogens is 441 g/mol. The van der Waals surface area contributed by atoms with Gasteiger partial charge < -0.3 is 4.43 Å². The Hall–Kier alpha value is -1.64. The number of allylic oxidation sites excluding steroid dienone is 1. The zero-order valence-electron chi connectivity index (χ0n) is 20.0. The SMILES string of the molecule is CC[Si](CC)(CC)OC(C/C=C\C[Si](C)(C)c1ccccc1)c1ccc(C(F)(F)F)cc1. The second-order valence-electron chi connectivity index (χ2n) is 9.13. The fourth-order valence-corrected chi connectivity index (χ4v) is 8.97. The lowest BCUT2D eigenvalue weighted by atomic mass is 10.0. The van der Waals surface area contributed by atoms with Crippen molar-refractivity contribution in [1.29, 1.82) is 0 Å². The first kappa shape index (κ1) is 26.6. The third-order valence-corrected chi connectivity index (χ3v) is 14.4. The molecule has 0 radical (unpaired) electrons. The van der Waals surface area contributed by atoms with Crippen molar-refractivity contribution in [3.05, 3.63) is 77.9 Å². The van der Waals surface area contributed by atoms with Gasteiger partial charge in [-0.05, 0) is 48.3 Å². The van der Waals surface area contributed by atoms with E-state index in [1.54, 1.807) is 12.1 Å². The third-order valence-electron chi connectivity index (χ3n) is 6.64. The summed E-state index contributed by atoms with van der Waals surface area (Å²) in [6.45, 7) is 11.2. The van der Waals surface area contributed by atoms with Crippen LogP contribution in [0.5, 0.6) is 0 Å². The Bertz CT molecular complexity index is 833. The van der Waals surface area contributed by atoms with Gasteiger partial charge in [0.25, 0.3) is 0 Å². The zero-order valence-corrected chi connectivity index (χ0v) is 22.0. The molecule has 0 aliphatic rings. The fraction of sp³-hybridized carbons (Fsp3) is 0.462. The lowest BCUT2D eigenvalue weighted by Crippen LogP contribution is -2.40. The van der Waals surface area contributed by atoms with Gasteiger partial charge in [0.05, 0.1) is 19.7 Å². The number of hydrogen-bond acceptors (Lipinski definition) is 1. The summed E-state index contributed by atoms with van der Waals surface area (Å²) in [6.07, 6.45) is 0.560. The van der Waals surface area contributed by atoms with Gasteiger partial charge in [-0.2, -0.15) is 13.2 Å². The largest absolute Gasteiger partial charge is 0.416 e. The fourth-order valence-electron chi connectivity index (χ4n) is 4.05. The molecule has 0 saturated heterocycles. The van der Waals surface area contributed by atoms with E-state index < -0.39 is 28.1 Å². The maximum atomic E-state index is 13.0. The average molecular weight is 479 g/mol. The molecule has 0 fully saturated rings. The van der Waals surface area contributed by atoms with Gasteiger partial charge in [-0.3, -0.25) is 0 Å². The molecule has 1 nitrogen and oxygen atoms in total. The zero-order chi connectivity index (χ0) is 23.8. The van der Waals surface area contributed by atoms with Gasteiger partial charge in [0.15, 0.2) is 8.32 Å². The summed E-state index contributed by atoms with van der Waals surface area (Å²) in [6, 6.07) is 20.2. The molecule has 0 heterocycles. The second-order valence-corrected chi connectivity index (χ2v) is 18.6. The van der Waals surface area contributed by atoms with Crippen LogP contribution in [0.2, 0.25) is 37.3 Å². The molecule has 1 atom stereocenters. The Morgan fingerprint density at radius 3 is 1.91 bits per heavy atom. The minimum absolute atomic E-state index is 0.207. The first-order chi connectivity index (χ1) is 15.1. The molecule has 2 aromatic carbocycles. The maximum absolute atomic E-state index is 13.0. The number of benzene rings is 2. The van der Waals surface area contributed by atoms with Gasteiger partial charge >= 0.3 is 6.18 Å². The highest BCUT2D eigenvalue weighted by atomic mass is 28.4. The first-order valence-electron chi connectivity index (χ1n) is 11.6. The predicted octanol–water partition coefficient (Wildman–Crippen LogP) is 8.33. The molecule has 1 unspecified atom stereocenters. The quantitative estimate of drug-likeness (QED) is 0.233. The summed E-state index contributed by atoms with van der Waals surface area (Å²) in [7, 11) is -3.48. The van der Waals surface area contributed by atoms with Crippen molar-refractivity contribution in [1.82, 2.24) is 0 Å². The normalized spacial score (nSPS) is 14.1. The Balaban J connectivity index is 2.20. The number of alkyl halides is 3. The standard InChI is InChI=1S/C26H37F3OSi2/c1-6-32(7-2,8-3)30-25(22-17-19-23(20-18-22)26(27,28)29)16-12-13-21-31(4,5)24-14-10-9-11-15-24/h9-15,17-20,25H,6-8,16,21H2,1-5H3/b13-12-. The molecule has 0 aromatic heterocycles. The smallest absolute Gasteiger partial charge is 0.410 e. The molecule has 0 saturated carbocycles. The van der Waals surface area contributed by atoms with Crippen LogP contribution in [-0.4, -0.2) is 16.4 Å². The van der Waals surface area contributed by atoms with Crippen molar-refractivity contribution in [2.75, 3.05) is 0 Å². The highest BCUT2D eigenvalue weighted by molar-refractivity contribution is 6.90. The molecule has 0 spiro atoms. The average Bonchev–Trinajstić information content (AvgIpc) is 2.79. The lowest BCUT2D eigenvalue weighted by molar-refractivity contribution is -0.137. The van der Waals surface area contributed by atoms with Crippen molar-refractivity contribution in [3.63, 3.8) is 0 Å². The van der Waals surface area contributed by atoms with Crippen LogP contribution in [0.4, 0.5) is 13.2 Å². The summed E-state index contributed by atoms with van der Waals surface area (Å²) >= 11 is 0. The van der Waals surface area contributed by atoms with Gasteiger partial charge in [-0.15, -0.1) is 0 Å². The number of hydrogen-bond donors (Lipinski definition) is 0. The van der Waals surface area contributed by atoms with Gasteiger partial charge in [0.2, 0.25) is 0 Å². The van der Waals surface area contributed by atoms with E-state index in [0.717, 1.165) is 29.7 Å². The summed E-state index contributed by atoms with van der Waals surface area (Å²) in [5, 5.41) is 1.43. The van der Waals surface area contributed by atoms with E-state index in [4.69, 9.17) is 4.43 Å². The molecule has 0 N–H and O–H groups in total. The van der Waals surface area contributed by atoms with E-state index in [2.05, 4.69) is 70.3 Å². The van der Waals surface area contributed by atoms with Crippen LogP contribution < -0.4 is 5.19 Å². The van der Waals surface area contributed by atoms with E-state index >= 15 is 0 Å². The maximum Gasteiger partial charge on any atom is 0.416 e. The lowest BCUT2D eigenvalue weighted by Gasteiger charge is -2.33. The molecule has 2 aromatic rings. The van der Waals surface area contributed by atoms with Crippen LogP contribution in [0.15, 0.2) is 66.7 Å². The molecule has 0 amide bonds. The van der Waals surface area contributed by atoms with Crippen molar-refractivity contribution in [2.24, 2.45) is 0 Å². The van der Waals surface area contributed by atoms with Crippen molar-refractivity contribution >= 4 is 21.6 Å². The minimum atomic E-state index is -4.32. The molecule has 0 aliphatic heterocycles. The molecular formula is C26H37F3OSi2. The van der Waals surface area contributed by atoms with E-state index in [-0.39, 0.29) is 6.10 Å². The highest BCUT2D eigenvalue weighted by Gasteiger charge is 2.33. The van der Waals surface area contributed by atoms with Crippen molar-refractivity contribution in [3.8, 4) is 0 Å². The molecule has 2 rings (SSSR count). The van der Waals surface area contributed by atoms with Crippen LogP contribution in [-0.2, 0) is 10.6 Å². The summed E-state index contributed by atoms with van der Waals surface area (Å²) in [5.41, 5.74) is 0.213.